The molecule has 8 rings (SSSR count). The summed E-state index contributed by atoms with van der Waals surface area (Å²) in [6.07, 6.45) is 3.94. The minimum Gasteiger partial charge on any atom is -0.459 e. The SMILES string of the molecule is C[C@H](CN1CC2CCC(C1)N2c1nc(O[C@@H](C)[C@@H]2CCCN2C)nc2c(F)c(-c3ncc(F)c4sc(NC(=O)OC(C)(C)C)c(C#N)c34)c3c(c12)COC3)O[Si](C)(C)C(C)(C)C. The van der Waals surface area contributed by atoms with Crippen molar-refractivity contribution in [2.24, 2.45) is 0 Å². The van der Waals surface area contributed by atoms with E-state index in [-0.39, 0.29) is 92.0 Å². The topological polar surface area (TPSA) is 138 Å². The second kappa shape index (κ2) is 16.5. The van der Waals surface area contributed by atoms with E-state index in [1.165, 1.54) is 0 Å². The number of ether oxygens (including phenoxy) is 3. The number of pyridine rings is 1. The molecule has 17 heteroatoms. The Morgan fingerprint density at radius 3 is 2.39 bits per heavy atom. The minimum atomic E-state index is -1.96. The van der Waals surface area contributed by atoms with Crippen LogP contribution in [0.4, 0.5) is 24.4 Å². The van der Waals surface area contributed by atoms with Crippen molar-refractivity contribution in [2.45, 2.75) is 148 Å². The smallest absolute Gasteiger partial charge is 0.412 e. The van der Waals surface area contributed by atoms with Crippen molar-refractivity contribution in [3.05, 3.63) is 34.5 Å². The van der Waals surface area contributed by atoms with Gasteiger partial charge in [0.15, 0.2) is 20.0 Å². The molecule has 0 spiro atoms. The summed E-state index contributed by atoms with van der Waals surface area (Å²) in [5.74, 6) is -0.780. The minimum absolute atomic E-state index is 0.0464. The molecule has 0 aliphatic carbocycles. The summed E-state index contributed by atoms with van der Waals surface area (Å²) >= 11 is 0.869. The Kier molecular flexibility index (Phi) is 11.9. The van der Waals surface area contributed by atoms with E-state index in [9.17, 15) is 10.1 Å². The molecule has 62 heavy (non-hydrogen) atoms. The Morgan fingerprint density at radius 2 is 1.76 bits per heavy atom. The zero-order valence-electron chi connectivity index (χ0n) is 37.9. The first-order valence-electron chi connectivity index (χ1n) is 21.8. The molecule has 3 fully saturated rings. The Morgan fingerprint density at radius 1 is 1.06 bits per heavy atom. The number of halogens is 2. The fraction of sp³-hybridized carbons (Fsp3) is 0.622. The van der Waals surface area contributed by atoms with Crippen LogP contribution in [0.15, 0.2) is 6.20 Å². The number of likely N-dealkylation sites (tertiary alicyclic amines) is 2. The van der Waals surface area contributed by atoms with Crippen LogP contribution in [-0.2, 0) is 27.1 Å². The lowest BCUT2D eigenvalue weighted by Gasteiger charge is -2.44. The molecule has 13 nitrogen and oxygen atoms in total. The Balaban J connectivity index is 1.24. The maximum atomic E-state index is 18.0. The van der Waals surface area contributed by atoms with Gasteiger partial charge in [-0.2, -0.15) is 15.2 Å². The van der Waals surface area contributed by atoms with Crippen LogP contribution in [0, 0.1) is 23.0 Å². The van der Waals surface area contributed by atoms with Crippen LogP contribution < -0.4 is 15.0 Å². The van der Waals surface area contributed by atoms with Crippen LogP contribution in [0.2, 0.25) is 18.1 Å². The van der Waals surface area contributed by atoms with E-state index in [4.69, 9.17) is 28.6 Å². The number of anilines is 2. The summed E-state index contributed by atoms with van der Waals surface area (Å²) in [6.45, 7) is 24.3. The number of hydrogen-bond donors (Lipinski definition) is 1. The molecule has 0 radical (unpaired) electrons. The number of aromatic nitrogens is 3. The fourth-order valence-corrected chi connectivity index (χ4v) is 12.1. The van der Waals surface area contributed by atoms with E-state index < -0.39 is 31.6 Å². The third-order valence-electron chi connectivity index (χ3n) is 13.4. The van der Waals surface area contributed by atoms with Crippen LogP contribution in [0.3, 0.4) is 0 Å². The molecule has 3 aromatic heterocycles. The first kappa shape index (κ1) is 44.6. The molecular weight excluding hydrogens is 831 g/mol. The number of nitrogens with one attached hydrogen (secondary N) is 1. The van der Waals surface area contributed by atoms with E-state index in [0.717, 1.165) is 75.0 Å². The van der Waals surface area contributed by atoms with Crippen LogP contribution in [-0.4, -0.2) is 108 Å². The van der Waals surface area contributed by atoms with Crippen molar-refractivity contribution in [3.63, 3.8) is 0 Å². The predicted octanol–water partition coefficient (Wildman–Crippen LogP) is 9.36. The van der Waals surface area contributed by atoms with Crippen LogP contribution in [0.25, 0.3) is 32.2 Å². The molecular formula is C45H60F2N8O5SSi. The highest BCUT2D eigenvalue weighted by Gasteiger charge is 2.45. The largest absolute Gasteiger partial charge is 0.459 e. The van der Waals surface area contributed by atoms with Crippen molar-refractivity contribution in [1.82, 2.24) is 24.8 Å². The monoisotopic (exact) mass is 890 g/mol. The van der Waals surface area contributed by atoms with E-state index in [2.05, 4.69) is 78.9 Å². The van der Waals surface area contributed by atoms with Crippen LogP contribution >= 0.6 is 11.3 Å². The summed E-state index contributed by atoms with van der Waals surface area (Å²) in [5.41, 5.74) is 0.559. The molecule has 1 aromatic carbocycles. The second-order valence-electron chi connectivity index (χ2n) is 20.1. The van der Waals surface area contributed by atoms with E-state index in [0.29, 0.717) is 16.8 Å². The molecule has 334 valence electrons. The van der Waals surface area contributed by atoms with Gasteiger partial charge in [0.1, 0.15) is 34.1 Å². The summed E-state index contributed by atoms with van der Waals surface area (Å²) in [7, 11) is 0.121. The van der Waals surface area contributed by atoms with Gasteiger partial charge in [0.05, 0.1) is 46.9 Å². The first-order valence-corrected chi connectivity index (χ1v) is 25.6. The van der Waals surface area contributed by atoms with Gasteiger partial charge in [-0.15, -0.1) is 11.3 Å². The molecule has 2 unspecified atom stereocenters. The summed E-state index contributed by atoms with van der Waals surface area (Å²) in [5, 5.41) is 13.9. The lowest BCUT2D eigenvalue weighted by atomic mass is 9.93. The molecule has 4 aliphatic rings. The van der Waals surface area contributed by atoms with Gasteiger partial charge in [-0.05, 0) is 103 Å². The van der Waals surface area contributed by atoms with E-state index in [1.807, 2.05) is 6.92 Å². The number of likely N-dealkylation sites (N-methyl/N-ethyl adjacent to an activating group) is 1. The zero-order chi connectivity index (χ0) is 44.6. The van der Waals surface area contributed by atoms with Gasteiger partial charge >= 0.3 is 12.1 Å². The number of piperazine rings is 1. The Bertz CT molecular complexity index is 2430. The number of fused-ring (bicyclic) bond motifs is 6. The number of benzene rings is 1. The maximum Gasteiger partial charge on any atom is 0.412 e. The van der Waals surface area contributed by atoms with Gasteiger partial charge in [0.2, 0.25) is 0 Å². The Labute approximate surface area is 368 Å². The number of rotatable bonds is 10. The molecule has 5 atom stereocenters. The van der Waals surface area contributed by atoms with Crippen molar-refractivity contribution in [1.29, 1.82) is 5.26 Å². The molecule has 3 saturated heterocycles. The maximum absolute atomic E-state index is 18.0. The van der Waals surface area contributed by atoms with Crippen LogP contribution in [0.1, 0.15) is 97.8 Å². The van der Waals surface area contributed by atoms with Gasteiger partial charge in [-0.1, -0.05) is 20.8 Å². The van der Waals surface area contributed by atoms with Gasteiger partial charge < -0.3 is 23.5 Å². The standard InChI is InChI=1S/C45H60F2N8O5SSi/c1-24(60-62(10,11)45(6,7)8)19-54-20-26-14-15-27(21-54)55(26)40-35-30-23-57-22-29(30)33(36(47)38(35)50-42(51-40)58-25(2)32-13-12-16-53(32)9)37-34-28(17-48)41(52-43(56)59-44(3,4)5)61-39(34)31(46)18-49-37/h18,24-27,32H,12-16,19-23H2,1-11H3,(H,52,56)/t24-,25+,26?,27?,32+/m1/s1. The molecule has 1 N–H and O–H groups in total. The van der Waals surface area contributed by atoms with Gasteiger partial charge in [0, 0.05) is 48.7 Å². The Hall–Kier alpha value is -4.05. The lowest BCUT2D eigenvalue weighted by molar-refractivity contribution is 0.0636. The number of carbonyl (C=O) groups excluding carboxylic acids is 1. The van der Waals surface area contributed by atoms with Crippen molar-refractivity contribution >= 4 is 57.6 Å². The number of nitriles is 1. The second-order valence-corrected chi connectivity index (χ2v) is 25.9. The number of amides is 1. The average Bonchev–Trinajstić information content (AvgIpc) is 3.96. The predicted molar refractivity (Wildman–Crippen MR) is 240 cm³/mol. The zero-order valence-corrected chi connectivity index (χ0v) is 39.7. The third-order valence-corrected chi connectivity index (χ3v) is 19.1. The molecule has 4 aromatic rings. The average molecular weight is 891 g/mol. The molecule has 1 amide bonds. The number of nitrogens with zero attached hydrogens (tertiary/aromatic N) is 7. The van der Waals surface area contributed by atoms with Crippen molar-refractivity contribution in [3.8, 4) is 23.3 Å². The summed E-state index contributed by atoms with van der Waals surface area (Å²) in [4.78, 5) is 34.5. The molecule has 0 saturated carbocycles. The van der Waals surface area contributed by atoms with Crippen LogP contribution in [0.5, 0.6) is 6.01 Å². The third kappa shape index (κ3) is 8.27. The van der Waals surface area contributed by atoms with Crippen molar-refractivity contribution < 1.29 is 32.2 Å². The summed E-state index contributed by atoms with van der Waals surface area (Å²) < 4.78 is 58.6. The quantitative estimate of drug-likeness (QED) is 0.152. The number of hydrogen-bond acceptors (Lipinski definition) is 13. The molecule has 2 bridgehead atoms. The highest BCUT2D eigenvalue weighted by atomic mass is 32.1. The highest BCUT2D eigenvalue weighted by molar-refractivity contribution is 7.23. The van der Waals surface area contributed by atoms with Gasteiger partial charge in [0.25, 0.3) is 0 Å². The number of carbonyl (C=O) groups is 1. The lowest BCUT2D eigenvalue weighted by Crippen LogP contribution is -2.56. The molecule has 4 aliphatic heterocycles. The highest BCUT2D eigenvalue weighted by Crippen LogP contribution is 2.49. The summed E-state index contributed by atoms with van der Waals surface area (Å²) in [6, 6.07) is 2.57. The van der Waals surface area contributed by atoms with E-state index >= 15 is 8.78 Å². The van der Waals surface area contributed by atoms with E-state index in [1.54, 1.807) is 20.8 Å². The normalized spacial score (nSPS) is 22.0. The fourth-order valence-electron chi connectivity index (χ4n) is 9.67. The van der Waals surface area contributed by atoms with Crippen molar-refractivity contribution in [2.75, 3.05) is 43.4 Å². The number of thiophene rings is 1. The molecule has 7 heterocycles. The van der Waals surface area contributed by atoms with Gasteiger partial charge in [-0.3, -0.25) is 20.1 Å². The first-order chi connectivity index (χ1) is 29.2. The van der Waals surface area contributed by atoms with Gasteiger partial charge in [-0.25, -0.2) is 13.6 Å².